The van der Waals surface area contributed by atoms with Gasteiger partial charge in [-0.2, -0.15) is 0 Å². The summed E-state index contributed by atoms with van der Waals surface area (Å²) in [6.45, 7) is 2.87. The highest BCUT2D eigenvalue weighted by atomic mass is 35.5. The van der Waals surface area contributed by atoms with Gasteiger partial charge in [0.2, 0.25) is 5.91 Å². The van der Waals surface area contributed by atoms with E-state index in [0.29, 0.717) is 6.42 Å². The minimum Gasteiger partial charge on any atom is -0.325 e. The van der Waals surface area contributed by atoms with Crippen LogP contribution < -0.4 is 10.6 Å². The van der Waals surface area contributed by atoms with Crippen molar-refractivity contribution in [1.29, 1.82) is 0 Å². The van der Waals surface area contributed by atoms with Crippen LogP contribution in [0.4, 0.5) is 5.69 Å². The summed E-state index contributed by atoms with van der Waals surface area (Å²) in [7, 11) is 1.89. The van der Waals surface area contributed by atoms with Crippen molar-refractivity contribution in [3.8, 4) is 0 Å². The second-order valence-corrected chi connectivity index (χ2v) is 4.58. The highest BCUT2D eigenvalue weighted by Gasteiger charge is 2.07. The van der Waals surface area contributed by atoms with E-state index in [1.807, 2.05) is 38.2 Å². The zero-order valence-corrected chi connectivity index (χ0v) is 13.8. The van der Waals surface area contributed by atoms with E-state index >= 15 is 0 Å². The molecule has 0 unspecified atom stereocenters. The van der Waals surface area contributed by atoms with Crippen molar-refractivity contribution in [3.63, 3.8) is 0 Å². The molecule has 0 bridgehead atoms. The van der Waals surface area contributed by atoms with E-state index in [1.54, 1.807) is 6.20 Å². The number of nitrogens with zero attached hydrogens (tertiary/aromatic N) is 1. The van der Waals surface area contributed by atoms with Crippen molar-refractivity contribution in [2.24, 2.45) is 0 Å². The van der Waals surface area contributed by atoms with E-state index < -0.39 is 0 Å². The number of hydrogen-bond donors (Lipinski definition) is 2. The molecule has 0 saturated carbocycles. The molecule has 1 aromatic heterocycles. The van der Waals surface area contributed by atoms with Crippen LogP contribution in [0.3, 0.4) is 0 Å². The molecule has 1 aromatic carbocycles. The van der Waals surface area contributed by atoms with E-state index in [0.717, 1.165) is 35.1 Å². The number of fused-ring (bicyclic) bond motifs is 1. The first-order chi connectivity index (χ1) is 9.22. The summed E-state index contributed by atoms with van der Waals surface area (Å²) in [4.78, 5) is 16.2. The van der Waals surface area contributed by atoms with Crippen LogP contribution in [0.25, 0.3) is 10.9 Å². The fraction of sp³-hybridized carbons (Fsp3) is 0.333. The molecule has 4 nitrogen and oxygen atoms in total. The summed E-state index contributed by atoms with van der Waals surface area (Å²) in [5.74, 6) is 0.0456. The Morgan fingerprint density at radius 3 is 2.71 bits per heavy atom. The van der Waals surface area contributed by atoms with Crippen LogP contribution >= 0.6 is 24.8 Å². The van der Waals surface area contributed by atoms with Crippen LogP contribution in [-0.4, -0.2) is 24.5 Å². The van der Waals surface area contributed by atoms with Gasteiger partial charge in [-0.1, -0.05) is 6.07 Å². The average Bonchev–Trinajstić information content (AvgIpc) is 2.43. The summed E-state index contributed by atoms with van der Waals surface area (Å²) in [5, 5.41) is 6.99. The molecule has 116 valence electrons. The molecule has 0 spiro atoms. The number of benzene rings is 1. The third-order valence-corrected chi connectivity index (χ3v) is 3.08. The fourth-order valence-corrected chi connectivity index (χ4v) is 2.06. The first-order valence-electron chi connectivity index (χ1n) is 6.51. The predicted molar refractivity (Wildman–Crippen MR) is 92.8 cm³/mol. The topological polar surface area (TPSA) is 54.0 Å². The lowest BCUT2D eigenvalue weighted by Gasteiger charge is -2.09. The molecule has 0 aliphatic rings. The van der Waals surface area contributed by atoms with Crippen LogP contribution in [0, 0.1) is 6.92 Å². The van der Waals surface area contributed by atoms with E-state index in [2.05, 4.69) is 15.6 Å². The molecule has 2 N–H and O–H groups in total. The van der Waals surface area contributed by atoms with Gasteiger partial charge in [0, 0.05) is 18.0 Å². The normalized spacial score (nSPS) is 9.62. The summed E-state index contributed by atoms with van der Waals surface area (Å²) >= 11 is 0. The number of aromatic nitrogens is 1. The smallest absolute Gasteiger partial charge is 0.224 e. The molecule has 2 rings (SSSR count). The Morgan fingerprint density at radius 2 is 2.00 bits per heavy atom. The molecular formula is C15H21Cl2N3O. The largest absolute Gasteiger partial charge is 0.325 e. The Kier molecular flexibility index (Phi) is 8.93. The molecule has 0 atom stereocenters. The number of rotatable bonds is 5. The van der Waals surface area contributed by atoms with Gasteiger partial charge in [-0.05, 0) is 50.7 Å². The van der Waals surface area contributed by atoms with Crippen molar-refractivity contribution in [2.45, 2.75) is 19.8 Å². The maximum absolute atomic E-state index is 11.9. The highest BCUT2D eigenvalue weighted by molar-refractivity contribution is 6.01. The summed E-state index contributed by atoms with van der Waals surface area (Å²) < 4.78 is 0. The first-order valence-corrected chi connectivity index (χ1v) is 6.51. The Balaban J connectivity index is 0.00000200. The average molecular weight is 330 g/mol. The van der Waals surface area contributed by atoms with Crippen LogP contribution in [0.5, 0.6) is 0 Å². The third kappa shape index (κ3) is 5.16. The molecule has 0 saturated heterocycles. The van der Waals surface area contributed by atoms with Crippen molar-refractivity contribution < 1.29 is 4.79 Å². The summed E-state index contributed by atoms with van der Waals surface area (Å²) in [5.41, 5.74) is 2.89. The quantitative estimate of drug-likeness (QED) is 0.827. The van der Waals surface area contributed by atoms with Crippen LogP contribution in [0.2, 0.25) is 0 Å². The number of aryl methyl sites for hydroxylation is 1. The van der Waals surface area contributed by atoms with Crippen molar-refractivity contribution >= 4 is 47.3 Å². The van der Waals surface area contributed by atoms with Crippen LogP contribution in [0.15, 0.2) is 30.5 Å². The van der Waals surface area contributed by atoms with Gasteiger partial charge in [-0.3, -0.25) is 9.78 Å². The number of anilines is 1. The molecule has 6 heteroatoms. The lowest BCUT2D eigenvalue weighted by molar-refractivity contribution is -0.116. The van der Waals surface area contributed by atoms with E-state index in [1.165, 1.54) is 0 Å². The van der Waals surface area contributed by atoms with Crippen molar-refractivity contribution in [3.05, 3.63) is 36.0 Å². The SMILES string of the molecule is CNCCCC(=O)Nc1ccc(C)c2ncccc12.Cl.Cl. The number of carbonyl (C=O) groups is 1. The molecule has 0 aliphatic heterocycles. The lowest BCUT2D eigenvalue weighted by Crippen LogP contribution is -2.15. The number of carbonyl (C=O) groups excluding carboxylic acids is 1. The molecule has 2 aromatic rings. The molecule has 21 heavy (non-hydrogen) atoms. The number of halogens is 2. The van der Waals surface area contributed by atoms with Gasteiger partial charge in [0.25, 0.3) is 0 Å². The molecular weight excluding hydrogens is 309 g/mol. The van der Waals surface area contributed by atoms with Crippen molar-refractivity contribution in [2.75, 3.05) is 18.9 Å². The van der Waals surface area contributed by atoms with Gasteiger partial charge in [0.15, 0.2) is 0 Å². The zero-order chi connectivity index (χ0) is 13.7. The molecule has 1 heterocycles. The maximum atomic E-state index is 11.9. The van der Waals surface area contributed by atoms with Gasteiger partial charge >= 0.3 is 0 Å². The van der Waals surface area contributed by atoms with E-state index in [9.17, 15) is 4.79 Å². The van der Waals surface area contributed by atoms with Crippen LogP contribution in [-0.2, 0) is 4.79 Å². The Hall–Kier alpha value is -1.36. The standard InChI is InChI=1S/C15H19N3O.2ClH/c1-11-7-8-13(12-5-3-10-17-15(11)12)18-14(19)6-4-9-16-2;;/h3,5,7-8,10,16H,4,6,9H2,1-2H3,(H,18,19);2*1H. The Bertz CT molecular complexity index is 590. The fourth-order valence-electron chi connectivity index (χ4n) is 2.06. The summed E-state index contributed by atoms with van der Waals surface area (Å²) in [6, 6.07) is 7.80. The van der Waals surface area contributed by atoms with Gasteiger partial charge in [-0.25, -0.2) is 0 Å². The molecule has 0 aliphatic carbocycles. The molecule has 0 fully saturated rings. The first kappa shape index (κ1) is 19.6. The Labute approximate surface area is 137 Å². The minimum absolute atomic E-state index is 0. The maximum Gasteiger partial charge on any atom is 0.224 e. The van der Waals surface area contributed by atoms with Gasteiger partial charge in [0.05, 0.1) is 11.2 Å². The van der Waals surface area contributed by atoms with E-state index in [-0.39, 0.29) is 30.7 Å². The number of nitrogens with one attached hydrogen (secondary N) is 2. The Morgan fingerprint density at radius 1 is 1.24 bits per heavy atom. The number of hydrogen-bond acceptors (Lipinski definition) is 3. The van der Waals surface area contributed by atoms with E-state index in [4.69, 9.17) is 0 Å². The van der Waals surface area contributed by atoms with Crippen LogP contribution in [0.1, 0.15) is 18.4 Å². The lowest BCUT2D eigenvalue weighted by atomic mass is 10.1. The summed E-state index contributed by atoms with van der Waals surface area (Å²) in [6.07, 6.45) is 3.13. The second kappa shape index (κ2) is 9.55. The van der Waals surface area contributed by atoms with Gasteiger partial charge in [0.1, 0.15) is 0 Å². The third-order valence-electron chi connectivity index (χ3n) is 3.08. The van der Waals surface area contributed by atoms with Gasteiger partial charge < -0.3 is 10.6 Å². The number of amides is 1. The monoisotopic (exact) mass is 329 g/mol. The molecule has 1 amide bonds. The zero-order valence-electron chi connectivity index (χ0n) is 12.2. The number of pyridine rings is 1. The van der Waals surface area contributed by atoms with Gasteiger partial charge in [-0.15, -0.1) is 24.8 Å². The molecule has 0 radical (unpaired) electrons. The highest BCUT2D eigenvalue weighted by Crippen LogP contribution is 2.24. The van der Waals surface area contributed by atoms with Crippen molar-refractivity contribution in [1.82, 2.24) is 10.3 Å². The second-order valence-electron chi connectivity index (χ2n) is 4.58. The minimum atomic E-state index is 0. The predicted octanol–water partition coefficient (Wildman–Crippen LogP) is 3.32.